The molecule has 2 N–H and O–H groups in total. The van der Waals surface area contributed by atoms with E-state index < -0.39 is 9.84 Å². The topological polar surface area (TPSA) is 137 Å². The van der Waals surface area contributed by atoms with Crippen molar-refractivity contribution < 1.29 is 32.2 Å². The van der Waals surface area contributed by atoms with Crippen molar-refractivity contribution in [3.8, 4) is 11.5 Å². The largest absolute Gasteiger partial charge is 0.495 e. The van der Waals surface area contributed by atoms with Gasteiger partial charge in [-0.3, -0.25) is 9.59 Å². The summed E-state index contributed by atoms with van der Waals surface area (Å²) in [7, 11) is -1.23. The molecule has 1 amide bonds. The van der Waals surface area contributed by atoms with Crippen LogP contribution in [0.1, 0.15) is 25.7 Å². The van der Waals surface area contributed by atoms with Crippen LogP contribution in [0, 0.1) is 0 Å². The average molecular weight is 522 g/mol. The molecule has 0 fully saturated rings. The molecular formula is C23H27N3O7S2. The number of rotatable bonds is 12. The highest BCUT2D eigenvalue weighted by molar-refractivity contribution is 7.91. The third-order valence-corrected chi connectivity index (χ3v) is 7.20. The number of hydrogen-bond donors (Lipinski definition) is 3. The number of amides is 1. The number of methoxy groups -OCH3 is 2. The zero-order valence-corrected chi connectivity index (χ0v) is 21.1. The maximum atomic E-state index is 13.4. The van der Waals surface area contributed by atoms with E-state index in [1.54, 1.807) is 12.1 Å². The van der Waals surface area contributed by atoms with Gasteiger partial charge in [-0.05, 0) is 49.2 Å². The number of nitrogens with one attached hydrogen (secondary N) is 2. The Morgan fingerprint density at radius 3 is 2.49 bits per heavy atom. The van der Waals surface area contributed by atoms with Crippen molar-refractivity contribution in [1.82, 2.24) is 15.3 Å². The van der Waals surface area contributed by atoms with Crippen molar-refractivity contribution in [3.63, 3.8) is 0 Å². The average Bonchev–Trinajstić information content (AvgIpc) is 3.23. The molecule has 0 radical (unpaired) electrons. The van der Waals surface area contributed by atoms with Crippen LogP contribution >= 0.6 is 12.6 Å². The summed E-state index contributed by atoms with van der Waals surface area (Å²) in [4.78, 5) is 30.1. The van der Waals surface area contributed by atoms with Crippen molar-refractivity contribution in [3.05, 3.63) is 36.4 Å². The molecular weight excluding hydrogens is 494 g/mol. The van der Waals surface area contributed by atoms with Crippen molar-refractivity contribution >= 4 is 45.4 Å². The summed E-state index contributed by atoms with van der Waals surface area (Å²) in [5.74, 6) is -0.0306. The van der Waals surface area contributed by atoms with Gasteiger partial charge >= 0.3 is 5.97 Å². The number of fused-ring (bicyclic) bond motifs is 1. The molecule has 1 heterocycles. The van der Waals surface area contributed by atoms with Gasteiger partial charge in [0.2, 0.25) is 9.84 Å². The second-order valence-electron chi connectivity index (χ2n) is 7.55. The number of thiol groups is 1. The van der Waals surface area contributed by atoms with Crippen molar-refractivity contribution in [2.75, 3.05) is 27.4 Å². The van der Waals surface area contributed by atoms with Gasteiger partial charge < -0.3 is 24.5 Å². The summed E-state index contributed by atoms with van der Waals surface area (Å²) in [6, 6.07) is 8.98. The zero-order valence-electron chi connectivity index (χ0n) is 19.4. The Balaban J connectivity index is 1.58. The zero-order chi connectivity index (χ0) is 25.4. The number of unbranched alkanes of at least 4 members (excludes halogenated alkanes) is 2. The van der Waals surface area contributed by atoms with Crippen molar-refractivity contribution in [2.24, 2.45) is 0 Å². The standard InChI is InChI=1S/C23H27N3O7S2/c1-31-18-12-11-17-21(26-23(34)25-17)22(18)35(29,30)16-9-7-15(8-10-16)33-14-19(27)24-13-5-3-4-6-20(28)32-2/h7-12H,3-6,13-14H2,1-2H3,(H,24,27)(H2,25,26,34). The van der Waals surface area contributed by atoms with E-state index in [1.165, 1.54) is 38.5 Å². The number of carbonyl (C=O) groups excluding carboxylic acids is 2. The molecule has 12 heteroatoms. The lowest BCUT2D eigenvalue weighted by Crippen LogP contribution is -2.29. The van der Waals surface area contributed by atoms with Gasteiger partial charge in [0.1, 0.15) is 21.9 Å². The molecule has 2 aromatic carbocycles. The highest BCUT2D eigenvalue weighted by Gasteiger charge is 2.27. The minimum Gasteiger partial charge on any atom is -0.495 e. The number of sulfone groups is 1. The molecule has 35 heavy (non-hydrogen) atoms. The van der Waals surface area contributed by atoms with Gasteiger partial charge in [0.25, 0.3) is 5.91 Å². The van der Waals surface area contributed by atoms with Gasteiger partial charge in [-0.2, -0.15) is 0 Å². The third-order valence-electron chi connectivity index (χ3n) is 5.16. The molecule has 0 aliphatic heterocycles. The molecule has 0 bridgehead atoms. The smallest absolute Gasteiger partial charge is 0.305 e. The van der Waals surface area contributed by atoms with Crippen molar-refractivity contribution in [2.45, 2.75) is 40.6 Å². The van der Waals surface area contributed by atoms with E-state index in [9.17, 15) is 18.0 Å². The molecule has 188 valence electrons. The van der Waals surface area contributed by atoms with Gasteiger partial charge in [-0.25, -0.2) is 13.4 Å². The number of esters is 1. The molecule has 0 aliphatic carbocycles. The number of aromatic nitrogens is 2. The summed E-state index contributed by atoms with van der Waals surface area (Å²) in [5, 5.41) is 3.02. The van der Waals surface area contributed by atoms with Gasteiger partial charge in [0.15, 0.2) is 11.8 Å². The summed E-state index contributed by atoms with van der Waals surface area (Å²) in [5.41, 5.74) is 0.750. The van der Waals surface area contributed by atoms with E-state index in [-0.39, 0.29) is 44.7 Å². The molecule has 0 saturated carbocycles. The molecule has 0 saturated heterocycles. The summed E-state index contributed by atoms with van der Waals surface area (Å²) < 4.78 is 42.1. The number of nitrogens with zero attached hydrogens (tertiary/aromatic N) is 1. The SMILES string of the molecule is COC(=O)CCCCCNC(=O)COc1ccc(S(=O)(=O)c2c(OC)ccc3[nH]c(S)nc23)cc1. The summed E-state index contributed by atoms with van der Waals surface area (Å²) in [6.07, 6.45) is 2.58. The maximum Gasteiger partial charge on any atom is 0.305 e. The van der Waals surface area contributed by atoms with Crippen LogP contribution in [0.15, 0.2) is 51.3 Å². The van der Waals surface area contributed by atoms with Crippen LogP contribution < -0.4 is 14.8 Å². The number of carbonyl (C=O) groups is 2. The lowest BCUT2D eigenvalue weighted by atomic mass is 10.2. The Morgan fingerprint density at radius 2 is 1.80 bits per heavy atom. The molecule has 0 aliphatic rings. The first kappa shape index (κ1) is 26.4. The molecule has 1 aromatic heterocycles. The number of hydrogen-bond acceptors (Lipinski definition) is 9. The van der Waals surface area contributed by atoms with Crippen LogP contribution in [-0.4, -0.2) is 57.6 Å². The summed E-state index contributed by atoms with van der Waals surface area (Å²) in [6.45, 7) is 0.258. The number of imidazole rings is 1. The van der Waals surface area contributed by atoms with Gasteiger partial charge in [-0.1, -0.05) is 6.42 Å². The van der Waals surface area contributed by atoms with E-state index in [4.69, 9.17) is 9.47 Å². The molecule has 3 rings (SSSR count). The first-order valence-corrected chi connectivity index (χ1v) is 12.8. The van der Waals surface area contributed by atoms with E-state index in [2.05, 4.69) is 32.7 Å². The van der Waals surface area contributed by atoms with Crippen LogP contribution in [0.5, 0.6) is 11.5 Å². The lowest BCUT2D eigenvalue weighted by Gasteiger charge is -2.11. The lowest BCUT2D eigenvalue weighted by molar-refractivity contribution is -0.140. The monoisotopic (exact) mass is 521 g/mol. The van der Waals surface area contributed by atoms with Crippen LogP contribution in [0.3, 0.4) is 0 Å². The van der Waals surface area contributed by atoms with Gasteiger partial charge in [0.05, 0.1) is 24.6 Å². The quantitative estimate of drug-likeness (QED) is 0.188. The Hall–Kier alpha value is -3.25. The van der Waals surface area contributed by atoms with Crippen LogP contribution in [0.4, 0.5) is 0 Å². The predicted octanol–water partition coefficient (Wildman–Crippen LogP) is 2.92. The minimum atomic E-state index is -3.98. The fourth-order valence-electron chi connectivity index (χ4n) is 3.37. The van der Waals surface area contributed by atoms with Crippen molar-refractivity contribution in [1.29, 1.82) is 0 Å². The molecule has 0 spiro atoms. The Labute approximate surface area is 208 Å². The van der Waals surface area contributed by atoms with Crippen LogP contribution in [0.25, 0.3) is 11.0 Å². The Bertz CT molecular complexity index is 1290. The second-order valence-corrected chi connectivity index (χ2v) is 9.86. The Kier molecular flexibility index (Phi) is 8.99. The third kappa shape index (κ3) is 6.67. The molecule has 3 aromatic rings. The predicted molar refractivity (Wildman–Crippen MR) is 131 cm³/mol. The molecule has 0 unspecified atom stereocenters. The number of H-pyrrole nitrogens is 1. The van der Waals surface area contributed by atoms with E-state index >= 15 is 0 Å². The van der Waals surface area contributed by atoms with Gasteiger partial charge in [-0.15, -0.1) is 12.6 Å². The highest BCUT2D eigenvalue weighted by Crippen LogP contribution is 2.35. The Morgan fingerprint density at radius 1 is 1.06 bits per heavy atom. The minimum absolute atomic E-state index is 0.0239. The molecule has 0 atom stereocenters. The summed E-state index contributed by atoms with van der Waals surface area (Å²) >= 11 is 4.17. The highest BCUT2D eigenvalue weighted by atomic mass is 32.2. The number of ether oxygens (including phenoxy) is 3. The fraction of sp³-hybridized carbons (Fsp3) is 0.348. The number of benzene rings is 2. The van der Waals surface area contributed by atoms with Crippen LogP contribution in [-0.2, 0) is 24.2 Å². The first-order chi connectivity index (χ1) is 16.8. The normalized spacial score (nSPS) is 11.3. The van der Waals surface area contributed by atoms with E-state index in [0.717, 1.165) is 12.8 Å². The van der Waals surface area contributed by atoms with Gasteiger partial charge in [0, 0.05) is 13.0 Å². The second kappa shape index (κ2) is 11.9. The molecule has 10 nitrogen and oxygen atoms in total. The number of aromatic amines is 1. The van der Waals surface area contributed by atoms with E-state index in [0.29, 0.717) is 30.7 Å². The van der Waals surface area contributed by atoms with Crippen LogP contribution in [0.2, 0.25) is 0 Å². The fourth-order valence-corrected chi connectivity index (χ4v) is 5.15. The maximum absolute atomic E-state index is 13.4. The van der Waals surface area contributed by atoms with E-state index in [1.807, 2.05) is 0 Å². The first-order valence-electron chi connectivity index (χ1n) is 10.8.